The van der Waals surface area contributed by atoms with Crippen LogP contribution in [0.1, 0.15) is 15.9 Å². The first-order valence-electron chi connectivity index (χ1n) is 8.28. The molecule has 3 heterocycles. The molecule has 1 aliphatic heterocycles. The van der Waals surface area contributed by atoms with Gasteiger partial charge >= 0.3 is 0 Å². The van der Waals surface area contributed by atoms with Crippen LogP contribution in [0.25, 0.3) is 10.9 Å². The van der Waals surface area contributed by atoms with Gasteiger partial charge in [-0.1, -0.05) is 24.3 Å². The van der Waals surface area contributed by atoms with Crippen LogP contribution in [0.15, 0.2) is 55.0 Å². The quantitative estimate of drug-likeness (QED) is 0.807. The van der Waals surface area contributed by atoms with E-state index < -0.39 is 0 Å². The third-order valence-electron chi connectivity index (χ3n) is 4.61. The molecule has 5 heteroatoms. The highest BCUT2D eigenvalue weighted by Gasteiger charge is 2.22. The van der Waals surface area contributed by atoms with Crippen molar-refractivity contribution in [2.75, 3.05) is 26.2 Å². The lowest BCUT2D eigenvalue weighted by molar-refractivity contribution is 0.0629. The third-order valence-corrected chi connectivity index (χ3v) is 4.61. The molecule has 24 heavy (non-hydrogen) atoms. The van der Waals surface area contributed by atoms with E-state index in [9.17, 15) is 4.79 Å². The van der Waals surface area contributed by atoms with Gasteiger partial charge in [-0.2, -0.15) is 0 Å². The fourth-order valence-corrected chi connectivity index (χ4v) is 3.28. The zero-order valence-electron chi connectivity index (χ0n) is 13.5. The van der Waals surface area contributed by atoms with Gasteiger partial charge in [0.2, 0.25) is 0 Å². The Morgan fingerprint density at radius 3 is 2.71 bits per heavy atom. The number of nitrogens with zero attached hydrogens (tertiary/aromatic N) is 3. The highest BCUT2D eigenvalue weighted by Crippen LogP contribution is 2.18. The molecule has 0 spiro atoms. The Labute approximate surface area is 140 Å². The van der Waals surface area contributed by atoms with Crippen LogP contribution in [0.2, 0.25) is 0 Å². The first kappa shape index (κ1) is 14.9. The van der Waals surface area contributed by atoms with Gasteiger partial charge in [0.05, 0.1) is 11.1 Å². The van der Waals surface area contributed by atoms with Gasteiger partial charge in [0.15, 0.2) is 0 Å². The summed E-state index contributed by atoms with van der Waals surface area (Å²) in [7, 11) is 0. The molecule has 0 atom stereocenters. The van der Waals surface area contributed by atoms with E-state index >= 15 is 0 Å². The van der Waals surface area contributed by atoms with E-state index in [1.54, 1.807) is 12.4 Å². The molecular formula is C19H20N4O. The summed E-state index contributed by atoms with van der Waals surface area (Å²) < 4.78 is 0. The second-order valence-electron chi connectivity index (χ2n) is 6.16. The van der Waals surface area contributed by atoms with Crippen molar-refractivity contribution in [1.29, 1.82) is 0 Å². The van der Waals surface area contributed by atoms with Crippen molar-refractivity contribution >= 4 is 16.8 Å². The Kier molecular flexibility index (Phi) is 4.01. The Bertz CT molecular complexity index is 830. The number of fused-ring (bicyclic) bond motifs is 1. The van der Waals surface area contributed by atoms with Crippen molar-refractivity contribution in [3.63, 3.8) is 0 Å². The van der Waals surface area contributed by atoms with Gasteiger partial charge in [-0.3, -0.25) is 14.7 Å². The van der Waals surface area contributed by atoms with Crippen molar-refractivity contribution in [3.8, 4) is 0 Å². The van der Waals surface area contributed by atoms with Crippen molar-refractivity contribution in [1.82, 2.24) is 19.8 Å². The average Bonchev–Trinajstić information content (AvgIpc) is 3.17. The maximum atomic E-state index is 12.4. The minimum Gasteiger partial charge on any atom is -0.367 e. The summed E-state index contributed by atoms with van der Waals surface area (Å²) in [6.45, 7) is 4.18. The summed E-state index contributed by atoms with van der Waals surface area (Å²) in [5.74, 6) is 0.114. The molecule has 3 aromatic rings. The number of aromatic nitrogens is 2. The summed E-state index contributed by atoms with van der Waals surface area (Å²) in [5.41, 5.74) is 3.06. The highest BCUT2D eigenvalue weighted by molar-refractivity contribution is 5.94. The lowest BCUT2D eigenvalue weighted by atomic mass is 10.1. The van der Waals surface area contributed by atoms with Crippen LogP contribution < -0.4 is 0 Å². The van der Waals surface area contributed by atoms with E-state index in [1.807, 2.05) is 23.2 Å². The first-order valence-corrected chi connectivity index (χ1v) is 8.28. The molecule has 1 aliphatic rings. The smallest absolute Gasteiger partial charge is 0.255 e. The molecule has 1 fully saturated rings. The van der Waals surface area contributed by atoms with E-state index in [-0.39, 0.29) is 5.91 Å². The Balaban J connectivity index is 1.42. The highest BCUT2D eigenvalue weighted by atomic mass is 16.2. The van der Waals surface area contributed by atoms with Crippen LogP contribution in [0.3, 0.4) is 0 Å². The number of H-pyrrole nitrogens is 1. The van der Waals surface area contributed by atoms with E-state index in [0.717, 1.165) is 43.8 Å². The zero-order valence-corrected chi connectivity index (χ0v) is 13.5. The molecule has 122 valence electrons. The molecule has 0 aliphatic carbocycles. The lowest BCUT2D eigenvalue weighted by Crippen LogP contribution is -2.48. The second kappa shape index (κ2) is 6.45. The predicted molar refractivity (Wildman–Crippen MR) is 93.7 cm³/mol. The van der Waals surface area contributed by atoms with Crippen molar-refractivity contribution in [2.45, 2.75) is 6.54 Å². The van der Waals surface area contributed by atoms with Crippen LogP contribution in [-0.2, 0) is 6.54 Å². The van der Waals surface area contributed by atoms with E-state index in [2.05, 4.69) is 39.1 Å². The number of carbonyl (C=O) groups is 1. The van der Waals surface area contributed by atoms with Crippen LogP contribution >= 0.6 is 0 Å². The van der Waals surface area contributed by atoms with Crippen LogP contribution in [0.4, 0.5) is 0 Å². The molecule has 4 rings (SSSR count). The van der Waals surface area contributed by atoms with Crippen molar-refractivity contribution in [3.05, 3.63) is 66.1 Å². The van der Waals surface area contributed by atoms with Crippen LogP contribution in [-0.4, -0.2) is 51.9 Å². The predicted octanol–water partition coefficient (Wildman–Crippen LogP) is 2.52. The maximum Gasteiger partial charge on any atom is 0.255 e. The monoisotopic (exact) mass is 320 g/mol. The van der Waals surface area contributed by atoms with Gasteiger partial charge in [0.1, 0.15) is 0 Å². The molecule has 1 N–H and O–H groups in total. The van der Waals surface area contributed by atoms with Crippen molar-refractivity contribution in [2.24, 2.45) is 0 Å². The number of benzene rings is 1. The number of hydrogen-bond donors (Lipinski definition) is 1. The second-order valence-corrected chi connectivity index (χ2v) is 6.16. The summed E-state index contributed by atoms with van der Waals surface area (Å²) in [4.78, 5) is 24.2. The number of nitrogens with one attached hydrogen (secondary N) is 1. The minimum atomic E-state index is 0.114. The molecule has 0 unspecified atom stereocenters. The van der Waals surface area contributed by atoms with E-state index in [0.29, 0.717) is 0 Å². The maximum absolute atomic E-state index is 12.4. The van der Waals surface area contributed by atoms with Gasteiger partial charge in [-0.05, 0) is 17.7 Å². The van der Waals surface area contributed by atoms with Gasteiger partial charge in [0, 0.05) is 56.7 Å². The number of para-hydroxylation sites is 1. The zero-order chi connectivity index (χ0) is 16.4. The minimum absolute atomic E-state index is 0.114. The summed E-state index contributed by atoms with van der Waals surface area (Å²) >= 11 is 0. The third kappa shape index (κ3) is 2.90. The fraction of sp³-hybridized carbons (Fsp3) is 0.263. The topological polar surface area (TPSA) is 52.2 Å². The summed E-state index contributed by atoms with van der Waals surface area (Å²) in [6, 6.07) is 12.2. The molecule has 0 radical (unpaired) electrons. The van der Waals surface area contributed by atoms with Gasteiger partial charge < -0.3 is 9.88 Å². The van der Waals surface area contributed by atoms with E-state index in [4.69, 9.17) is 0 Å². The molecule has 2 aromatic heterocycles. The number of pyridine rings is 1. The summed E-state index contributed by atoms with van der Waals surface area (Å²) in [5, 5.41) is 1.18. The fourth-order valence-electron chi connectivity index (χ4n) is 3.28. The summed E-state index contributed by atoms with van der Waals surface area (Å²) in [6.07, 6.45) is 5.40. The van der Waals surface area contributed by atoms with Crippen LogP contribution in [0, 0.1) is 0 Å². The van der Waals surface area contributed by atoms with Crippen molar-refractivity contribution < 1.29 is 4.79 Å². The number of piperazine rings is 1. The molecular weight excluding hydrogens is 300 g/mol. The van der Waals surface area contributed by atoms with Crippen LogP contribution in [0.5, 0.6) is 0 Å². The van der Waals surface area contributed by atoms with E-state index in [1.165, 1.54) is 10.9 Å². The van der Waals surface area contributed by atoms with Gasteiger partial charge in [0.25, 0.3) is 5.91 Å². The Morgan fingerprint density at radius 1 is 1.08 bits per heavy atom. The lowest BCUT2D eigenvalue weighted by Gasteiger charge is -2.34. The number of amides is 1. The number of rotatable bonds is 3. The molecule has 1 aromatic carbocycles. The molecule has 0 saturated carbocycles. The normalized spacial score (nSPS) is 15.8. The van der Waals surface area contributed by atoms with Gasteiger partial charge in [-0.15, -0.1) is 0 Å². The number of aromatic amines is 1. The van der Waals surface area contributed by atoms with Gasteiger partial charge in [-0.25, -0.2) is 0 Å². The SMILES string of the molecule is O=C(c1cc[nH]c1)N1CCN(Cc2cccc3cccnc23)CC1. The Morgan fingerprint density at radius 2 is 1.92 bits per heavy atom. The molecule has 1 saturated heterocycles. The molecule has 0 bridgehead atoms. The molecule has 1 amide bonds. The number of hydrogen-bond acceptors (Lipinski definition) is 3. The standard InChI is InChI=1S/C19H20N4O/c24-19(16-6-8-20-13-16)23-11-9-22(10-12-23)14-17-4-1-3-15-5-2-7-21-18(15)17/h1-8,13,20H,9-12,14H2. The average molecular weight is 320 g/mol. The Hall–Kier alpha value is -2.66. The molecule has 5 nitrogen and oxygen atoms in total. The largest absolute Gasteiger partial charge is 0.367 e. The number of carbonyl (C=O) groups excluding carboxylic acids is 1. The first-order chi connectivity index (χ1) is 11.8.